The number of nitrogens with zero attached hydrogens (tertiary/aromatic N) is 3. The van der Waals surface area contributed by atoms with Crippen molar-refractivity contribution >= 4 is 5.91 Å². The van der Waals surface area contributed by atoms with Crippen LogP contribution in [0.25, 0.3) is 0 Å². The molecule has 1 aliphatic carbocycles. The van der Waals surface area contributed by atoms with Gasteiger partial charge in [0.2, 0.25) is 5.91 Å². The number of amides is 1. The van der Waals surface area contributed by atoms with Crippen LogP contribution in [-0.2, 0) is 4.79 Å². The van der Waals surface area contributed by atoms with Crippen molar-refractivity contribution < 1.29 is 4.79 Å². The summed E-state index contributed by atoms with van der Waals surface area (Å²) >= 11 is 0. The third-order valence-electron chi connectivity index (χ3n) is 7.58. The summed E-state index contributed by atoms with van der Waals surface area (Å²) in [7, 11) is 0. The van der Waals surface area contributed by atoms with Gasteiger partial charge in [0.15, 0.2) is 0 Å². The lowest BCUT2D eigenvalue weighted by atomic mass is 9.91. The summed E-state index contributed by atoms with van der Waals surface area (Å²) in [5, 5.41) is 3.43. The molecule has 0 bridgehead atoms. The quantitative estimate of drug-likeness (QED) is 0.833. The third kappa shape index (κ3) is 3.60. The minimum Gasteiger partial charge on any atom is -0.340 e. The van der Waals surface area contributed by atoms with E-state index in [0.29, 0.717) is 17.2 Å². The van der Waals surface area contributed by atoms with Crippen molar-refractivity contribution in [2.75, 3.05) is 52.4 Å². The van der Waals surface area contributed by atoms with Gasteiger partial charge in [-0.15, -0.1) is 0 Å². The van der Waals surface area contributed by atoms with Crippen LogP contribution in [0.5, 0.6) is 0 Å². The van der Waals surface area contributed by atoms with Crippen LogP contribution in [0, 0.1) is 11.3 Å². The predicted molar refractivity (Wildman–Crippen MR) is 101 cm³/mol. The number of likely N-dealkylation sites (tertiary alicyclic amines) is 1. The van der Waals surface area contributed by atoms with Gasteiger partial charge in [0, 0.05) is 57.3 Å². The van der Waals surface area contributed by atoms with E-state index >= 15 is 0 Å². The molecule has 0 aromatic heterocycles. The highest BCUT2D eigenvalue weighted by Crippen LogP contribution is 2.59. The summed E-state index contributed by atoms with van der Waals surface area (Å²) in [6.07, 6.45) is 6.26. The summed E-state index contributed by atoms with van der Waals surface area (Å²) in [5.41, 5.74) is 0.376. The van der Waals surface area contributed by atoms with Gasteiger partial charge < -0.3 is 10.2 Å². The van der Waals surface area contributed by atoms with Crippen LogP contribution in [0.2, 0.25) is 0 Å². The normalized spacial score (nSPS) is 36.1. The smallest absolute Gasteiger partial charge is 0.226 e. The van der Waals surface area contributed by atoms with Gasteiger partial charge in [-0.1, -0.05) is 0 Å². The van der Waals surface area contributed by atoms with Gasteiger partial charge in [0.1, 0.15) is 0 Å². The predicted octanol–water partition coefficient (Wildman–Crippen LogP) is 1.39. The maximum Gasteiger partial charge on any atom is 0.226 e. The van der Waals surface area contributed by atoms with Crippen LogP contribution < -0.4 is 5.32 Å². The van der Waals surface area contributed by atoms with E-state index in [1.807, 2.05) is 0 Å². The summed E-state index contributed by atoms with van der Waals surface area (Å²) in [6, 6.07) is 1.49. The number of carbonyl (C=O) groups is 1. The maximum absolute atomic E-state index is 12.9. The van der Waals surface area contributed by atoms with Crippen LogP contribution in [0.15, 0.2) is 0 Å². The molecule has 5 heteroatoms. The average Bonchev–Trinajstić information content (AvgIpc) is 3.22. The molecule has 4 aliphatic rings. The molecule has 3 heterocycles. The van der Waals surface area contributed by atoms with Gasteiger partial charge in [-0.05, 0) is 64.5 Å². The van der Waals surface area contributed by atoms with Crippen molar-refractivity contribution in [1.82, 2.24) is 20.0 Å². The number of carbonyl (C=O) groups excluding carboxylic acids is 1. The molecule has 3 saturated heterocycles. The lowest BCUT2D eigenvalue weighted by Crippen LogP contribution is -2.51. The van der Waals surface area contributed by atoms with Crippen LogP contribution in [0.1, 0.15) is 46.0 Å². The van der Waals surface area contributed by atoms with E-state index < -0.39 is 0 Å². The summed E-state index contributed by atoms with van der Waals surface area (Å²) < 4.78 is 0. The molecule has 0 unspecified atom stereocenters. The second kappa shape index (κ2) is 7.16. The first-order valence-electron chi connectivity index (χ1n) is 10.6. The standard InChI is InChI=1S/C20H36N4O/c1-16-3-4-17(2)24(16)14-11-22-9-12-23(13-10-22)19(25)18-15-20(18)5-7-21-8-6-20/h16-18,21H,3-15H2,1-2H3/t16-,17+,18-/m0/s1. The molecule has 0 aromatic rings. The highest BCUT2D eigenvalue weighted by molar-refractivity contribution is 5.82. The Hall–Kier alpha value is -0.650. The highest BCUT2D eigenvalue weighted by Gasteiger charge is 2.58. The molecule has 5 nitrogen and oxygen atoms in total. The van der Waals surface area contributed by atoms with Gasteiger partial charge >= 0.3 is 0 Å². The second-order valence-electron chi connectivity index (χ2n) is 9.05. The fourth-order valence-corrected chi connectivity index (χ4v) is 5.53. The third-order valence-corrected chi connectivity index (χ3v) is 7.58. The summed E-state index contributed by atoms with van der Waals surface area (Å²) in [4.78, 5) is 20.3. The minimum absolute atomic E-state index is 0.340. The molecule has 142 valence electrons. The molecule has 0 radical (unpaired) electrons. The van der Waals surface area contributed by atoms with E-state index in [0.717, 1.165) is 64.3 Å². The Morgan fingerprint density at radius 3 is 2.28 bits per heavy atom. The lowest BCUT2D eigenvalue weighted by Gasteiger charge is -2.37. The zero-order valence-electron chi connectivity index (χ0n) is 16.2. The van der Waals surface area contributed by atoms with E-state index in [9.17, 15) is 4.79 Å². The number of piperidine rings is 1. The van der Waals surface area contributed by atoms with Crippen molar-refractivity contribution in [2.45, 2.75) is 58.0 Å². The van der Waals surface area contributed by atoms with Crippen LogP contribution in [-0.4, -0.2) is 85.0 Å². The molecule has 1 N–H and O–H groups in total. The Kier molecular flexibility index (Phi) is 5.09. The maximum atomic E-state index is 12.9. The monoisotopic (exact) mass is 348 g/mol. The largest absolute Gasteiger partial charge is 0.340 e. The second-order valence-corrected chi connectivity index (χ2v) is 9.05. The first-order chi connectivity index (χ1) is 12.1. The molecule has 1 spiro atoms. The molecule has 1 amide bonds. The molecule has 25 heavy (non-hydrogen) atoms. The first kappa shape index (κ1) is 17.7. The zero-order chi connectivity index (χ0) is 17.4. The van der Waals surface area contributed by atoms with Gasteiger partial charge in [0.05, 0.1) is 0 Å². The van der Waals surface area contributed by atoms with Gasteiger partial charge in [-0.2, -0.15) is 0 Å². The Morgan fingerprint density at radius 2 is 1.64 bits per heavy atom. The van der Waals surface area contributed by atoms with Crippen LogP contribution in [0.4, 0.5) is 0 Å². The first-order valence-corrected chi connectivity index (χ1v) is 10.6. The number of piperazine rings is 1. The van der Waals surface area contributed by atoms with Crippen molar-refractivity contribution in [3.05, 3.63) is 0 Å². The molecule has 0 aromatic carbocycles. The van der Waals surface area contributed by atoms with Crippen molar-refractivity contribution in [3.63, 3.8) is 0 Å². The van der Waals surface area contributed by atoms with E-state index in [2.05, 4.69) is 33.9 Å². The average molecular weight is 349 g/mol. The highest BCUT2D eigenvalue weighted by atomic mass is 16.2. The molecule has 4 fully saturated rings. The van der Waals surface area contributed by atoms with Crippen LogP contribution in [0.3, 0.4) is 0 Å². The minimum atomic E-state index is 0.340. The molecule has 4 rings (SSSR count). The molecule has 3 atom stereocenters. The lowest BCUT2D eigenvalue weighted by molar-refractivity contribution is -0.135. The van der Waals surface area contributed by atoms with Crippen molar-refractivity contribution in [2.24, 2.45) is 11.3 Å². The topological polar surface area (TPSA) is 38.8 Å². The van der Waals surface area contributed by atoms with E-state index in [1.165, 1.54) is 32.2 Å². The van der Waals surface area contributed by atoms with Crippen molar-refractivity contribution in [1.29, 1.82) is 0 Å². The van der Waals surface area contributed by atoms with Gasteiger partial charge in [-0.25, -0.2) is 0 Å². The van der Waals surface area contributed by atoms with E-state index in [1.54, 1.807) is 0 Å². The van der Waals surface area contributed by atoms with Crippen molar-refractivity contribution in [3.8, 4) is 0 Å². The number of nitrogens with one attached hydrogen (secondary N) is 1. The Morgan fingerprint density at radius 1 is 1.00 bits per heavy atom. The molecule has 1 saturated carbocycles. The molecular formula is C20H36N4O. The summed E-state index contributed by atoms with van der Waals surface area (Å²) in [5.74, 6) is 0.802. The van der Waals surface area contributed by atoms with E-state index in [-0.39, 0.29) is 0 Å². The van der Waals surface area contributed by atoms with E-state index in [4.69, 9.17) is 0 Å². The van der Waals surface area contributed by atoms with Gasteiger partial charge in [-0.3, -0.25) is 14.6 Å². The van der Waals surface area contributed by atoms with Crippen LogP contribution >= 0.6 is 0 Å². The van der Waals surface area contributed by atoms with Gasteiger partial charge in [0.25, 0.3) is 0 Å². The number of hydrogen-bond donors (Lipinski definition) is 1. The molecule has 3 aliphatic heterocycles. The Bertz CT molecular complexity index is 472. The fraction of sp³-hybridized carbons (Fsp3) is 0.950. The molecular weight excluding hydrogens is 312 g/mol. The Labute approximate surface area is 153 Å². The SMILES string of the molecule is C[C@@H]1CC[C@H](C)N1CCN1CCN(C(=O)[C@@H]2CC23CCNCC3)CC1. The summed E-state index contributed by atoms with van der Waals surface area (Å²) in [6.45, 7) is 13.3. The zero-order valence-corrected chi connectivity index (χ0v) is 16.2. The Balaban J connectivity index is 1.20. The number of rotatable bonds is 4. The fourth-order valence-electron chi connectivity index (χ4n) is 5.53. The number of hydrogen-bond acceptors (Lipinski definition) is 4.